The summed E-state index contributed by atoms with van der Waals surface area (Å²) in [7, 11) is -3.81. The number of anilines is 1. The van der Waals surface area contributed by atoms with Crippen molar-refractivity contribution in [3.63, 3.8) is 0 Å². The second-order valence-corrected chi connectivity index (χ2v) is 13.4. The van der Waals surface area contributed by atoms with Crippen LogP contribution >= 0.6 is 31.9 Å². The molecule has 212 valence electrons. The molecule has 2 aromatic carbocycles. The maximum absolute atomic E-state index is 13.9. The summed E-state index contributed by atoms with van der Waals surface area (Å²) >= 11 is 6.95. The number of sulfonamides is 1. The summed E-state index contributed by atoms with van der Waals surface area (Å²) in [5.74, 6) is 0.271. The average Bonchev–Trinajstić information content (AvgIpc) is 2.91. The highest BCUT2D eigenvalue weighted by atomic mass is 79.9. The van der Waals surface area contributed by atoms with Crippen molar-refractivity contribution in [1.82, 2.24) is 15.1 Å². The highest BCUT2D eigenvalue weighted by Crippen LogP contribution is 2.30. The van der Waals surface area contributed by atoms with Crippen molar-refractivity contribution in [1.29, 1.82) is 0 Å². The summed E-state index contributed by atoms with van der Waals surface area (Å²) in [5, 5.41) is 3.02. The van der Waals surface area contributed by atoms with E-state index < -0.39 is 16.1 Å². The van der Waals surface area contributed by atoms with Gasteiger partial charge in [0.1, 0.15) is 11.8 Å². The molecule has 12 heteroatoms. The zero-order chi connectivity index (χ0) is 28.0. The number of rotatable bonds is 7. The standard InChI is InChI=1S/C27H35Br2N5O4S/c1-39(36,37)32-27(38-21-8-4-2-5-9-21)31-24(18-19-16-22(28)25(30)23(29)17-19)26(35)34-14-10-20(11-15-34)33-12-6-3-7-13-33/h2,4-5,8-9,16-17,20,24H,3,6-7,10-15,18,30H2,1H3,(H,31,32)/t24-/m1/s1. The quantitative estimate of drug-likeness (QED) is 0.256. The normalized spacial score (nSPS) is 18.5. The lowest BCUT2D eigenvalue weighted by atomic mass is 9.98. The molecule has 0 unspecified atom stereocenters. The van der Waals surface area contributed by atoms with Crippen molar-refractivity contribution in [2.45, 2.75) is 50.6 Å². The highest BCUT2D eigenvalue weighted by Gasteiger charge is 2.32. The lowest BCUT2D eigenvalue weighted by molar-refractivity contribution is -0.134. The number of nitrogen functional groups attached to an aromatic ring is 1. The predicted molar refractivity (Wildman–Crippen MR) is 161 cm³/mol. The van der Waals surface area contributed by atoms with E-state index in [1.807, 2.05) is 23.1 Å². The predicted octanol–water partition coefficient (Wildman–Crippen LogP) is 4.17. The molecule has 0 saturated carbocycles. The number of piperidine rings is 2. The van der Waals surface area contributed by atoms with Crippen molar-refractivity contribution in [3.8, 4) is 5.75 Å². The van der Waals surface area contributed by atoms with Crippen molar-refractivity contribution < 1.29 is 17.9 Å². The van der Waals surface area contributed by atoms with Gasteiger partial charge >= 0.3 is 6.02 Å². The number of hydrogen-bond acceptors (Lipinski definition) is 6. The van der Waals surface area contributed by atoms with E-state index in [-0.39, 0.29) is 18.3 Å². The summed E-state index contributed by atoms with van der Waals surface area (Å²) in [6.07, 6.45) is 6.86. The van der Waals surface area contributed by atoms with E-state index in [1.54, 1.807) is 24.3 Å². The first-order chi connectivity index (χ1) is 18.6. The summed E-state index contributed by atoms with van der Waals surface area (Å²) in [6.45, 7) is 3.55. The van der Waals surface area contributed by atoms with E-state index in [4.69, 9.17) is 10.5 Å². The topological polar surface area (TPSA) is 117 Å². The van der Waals surface area contributed by atoms with Gasteiger partial charge in [0.15, 0.2) is 0 Å². The number of carbonyl (C=O) groups is 1. The van der Waals surface area contributed by atoms with Crippen LogP contribution in [0.1, 0.15) is 37.7 Å². The lowest BCUT2D eigenvalue weighted by Gasteiger charge is -2.41. The Bertz CT molecular complexity index is 1260. The summed E-state index contributed by atoms with van der Waals surface area (Å²) in [4.78, 5) is 18.3. The molecule has 1 amide bonds. The minimum absolute atomic E-state index is 0.131. The van der Waals surface area contributed by atoms with E-state index in [0.29, 0.717) is 39.5 Å². The summed E-state index contributed by atoms with van der Waals surface area (Å²) < 4.78 is 35.2. The van der Waals surface area contributed by atoms with Crippen LogP contribution in [-0.2, 0) is 21.2 Å². The van der Waals surface area contributed by atoms with Crippen molar-refractivity contribution in [2.75, 3.05) is 38.2 Å². The number of likely N-dealkylation sites (tertiary alicyclic amines) is 2. The highest BCUT2D eigenvalue weighted by molar-refractivity contribution is 9.11. The number of nitrogens with zero attached hydrogens (tertiary/aromatic N) is 3. The molecule has 4 rings (SSSR count). The number of amidine groups is 1. The molecule has 3 N–H and O–H groups in total. The first kappa shape index (κ1) is 29.8. The fourth-order valence-electron chi connectivity index (χ4n) is 5.12. The van der Waals surface area contributed by atoms with Gasteiger partial charge in [0.25, 0.3) is 10.0 Å². The number of ether oxygens (including phenoxy) is 1. The minimum atomic E-state index is -3.81. The Morgan fingerprint density at radius 1 is 1.08 bits per heavy atom. The third-order valence-corrected chi connectivity index (χ3v) is 8.87. The van der Waals surface area contributed by atoms with Crippen LogP contribution in [0.4, 0.5) is 5.69 Å². The van der Waals surface area contributed by atoms with E-state index >= 15 is 0 Å². The van der Waals surface area contributed by atoms with Crippen LogP contribution in [0.5, 0.6) is 5.75 Å². The maximum Gasteiger partial charge on any atom is 0.306 e. The molecule has 2 fully saturated rings. The molecule has 0 aliphatic carbocycles. The van der Waals surface area contributed by atoms with Crippen LogP contribution in [-0.4, -0.2) is 74.7 Å². The van der Waals surface area contributed by atoms with Gasteiger partial charge < -0.3 is 25.6 Å². The summed E-state index contributed by atoms with van der Waals surface area (Å²) in [6, 6.07) is 11.9. The van der Waals surface area contributed by atoms with Crippen LogP contribution in [0.25, 0.3) is 0 Å². The fraction of sp³-hybridized carbons (Fsp3) is 0.481. The second kappa shape index (κ2) is 13.5. The second-order valence-electron chi connectivity index (χ2n) is 10.1. The Kier molecular flexibility index (Phi) is 10.3. The molecule has 0 aromatic heterocycles. The van der Waals surface area contributed by atoms with Crippen molar-refractivity contribution in [2.24, 2.45) is 4.40 Å². The Balaban J connectivity index is 1.56. The molecule has 0 radical (unpaired) electrons. The van der Waals surface area contributed by atoms with Gasteiger partial charge in [0.2, 0.25) is 5.91 Å². The van der Waals surface area contributed by atoms with Crippen LogP contribution in [0.2, 0.25) is 0 Å². The third-order valence-electron chi connectivity index (χ3n) is 7.06. The average molecular weight is 685 g/mol. The Morgan fingerprint density at radius 3 is 2.28 bits per heavy atom. The van der Waals surface area contributed by atoms with Crippen molar-refractivity contribution in [3.05, 3.63) is 57.0 Å². The Hall–Kier alpha value is -2.15. The van der Waals surface area contributed by atoms with Gasteiger partial charge in [0.05, 0.1) is 11.9 Å². The molecule has 39 heavy (non-hydrogen) atoms. The van der Waals surface area contributed by atoms with Gasteiger partial charge in [-0.3, -0.25) is 4.79 Å². The number of benzene rings is 2. The van der Waals surface area contributed by atoms with Gasteiger partial charge in [-0.1, -0.05) is 24.6 Å². The van der Waals surface area contributed by atoms with Crippen LogP contribution in [0, 0.1) is 0 Å². The number of nitrogens with one attached hydrogen (secondary N) is 1. The number of para-hydroxylation sites is 1. The molecule has 0 spiro atoms. The zero-order valence-electron chi connectivity index (χ0n) is 22.0. The SMILES string of the molecule is CS(=O)(=O)/N=C(\N[C@H](Cc1cc(Br)c(N)c(Br)c1)C(=O)N1CCC(N2CCCCC2)CC1)Oc1ccccc1. The van der Waals surface area contributed by atoms with Crippen LogP contribution in [0.3, 0.4) is 0 Å². The zero-order valence-corrected chi connectivity index (χ0v) is 26.0. The molecular weight excluding hydrogens is 650 g/mol. The lowest BCUT2D eigenvalue weighted by Crippen LogP contribution is -2.54. The molecule has 2 saturated heterocycles. The van der Waals surface area contributed by atoms with Gasteiger partial charge in [0, 0.05) is 34.5 Å². The number of amides is 1. The Labute approximate surface area is 247 Å². The third kappa shape index (κ3) is 8.67. The maximum atomic E-state index is 13.9. The van der Waals surface area contributed by atoms with Gasteiger partial charge in [-0.25, -0.2) is 8.42 Å². The number of nitrogens with two attached hydrogens (primary N) is 1. The molecule has 0 bridgehead atoms. The van der Waals surface area contributed by atoms with Gasteiger partial charge in [-0.15, -0.1) is 4.40 Å². The summed E-state index contributed by atoms with van der Waals surface area (Å²) in [5.41, 5.74) is 7.46. The molecular formula is C27H35Br2N5O4S. The Morgan fingerprint density at radius 2 is 1.69 bits per heavy atom. The number of hydrogen-bond donors (Lipinski definition) is 2. The van der Waals surface area contributed by atoms with Crippen molar-refractivity contribution >= 4 is 59.5 Å². The smallest absolute Gasteiger partial charge is 0.306 e. The minimum Gasteiger partial charge on any atom is -0.425 e. The van der Waals surface area contributed by atoms with Crippen LogP contribution in [0.15, 0.2) is 55.8 Å². The number of halogens is 2. The van der Waals surface area contributed by atoms with E-state index in [9.17, 15) is 13.2 Å². The van der Waals surface area contributed by atoms with Crippen LogP contribution < -0.4 is 15.8 Å². The first-order valence-corrected chi connectivity index (χ1v) is 16.6. The van der Waals surface area contributed by atoms with E-state index in [2.05, 4.69) is 46.5 Å². The number of carbonyl (C=O) groups excluding carboxylic acids is 1. The molecule has 2 heterocycles. The molecule has 9 nitrogen and oxygen atoms in total. The monoisotopic (exact) mass is 683 g/mol. The largest absolute Gasteiger partial charge is 0.425 e. The fourth-order valence-corrected chi connectivity index (χ4v) is 6.79. The molecule has 2 aromatic rings. The van der Waals surface area contributed by atoms with E-state index in [1.165, 1.54) is 19.3 Å². The van der Waals surface area contributed by atoms with Gasteiger partial charge in [-0.2, -0.15) is 0 Å². The van der Waals surface area contributed by atoms with E-state index in [0.717, 1.165) is 37.8 Å². The molecule has 2 aliphatic rings. The molecule has 2 aliphatic heterocycles. The van der Waals surface area contributed by atoms with Gasteiger partial charge in [-0.05, 0) is 100 Å². The molecule has 1 atom stereocenters. The first-order valence-electron chi connectivity index (χ1n) is 13.1.